The molecule has 0 unspecified atom stereocenters. The summed E-state index contributed by atoms with van der Waals surface area (Å²) in [6.07, 6.45) is 3.59. The van der Waals surface area contributed by atoms with Crippen LogP contribution in [0.4, 0.5) is 4.39 Å². The summed E-state index contributed by atoms with van der Waals surface area (Å²) < 4.78 is 42.0. The Hall–Kier alpha value is -1.51. The first-order chi connectivity index (χ1) is 12.3. The van der Waals surface area contributed by atoms with Crippen LogP contribution in [0.15, 0.2) is 23.1 Å². The maximum Gasteiger partial charge on any atom is 0.256 e. The van der Waals surface area contributed by atoms with Crippen LogP contribution in [-0.4, -0.2) is 51.9 Å². The molecule has 0 aliphatic carbocycles. The third kappa shape index (κ3) is 4.24. The molecule has 1 aromatic carbocycles. The van der Waals surface area contributed by atoms with Gasteiger partial charge in [0.25, 0.3) is 5.91 Å². The van der Waals surface area contributed by atoms with Crippen molar-refractivity contribution in [3.05, 3.63) is 29.6 Å². The summed E-state index contributed by atoms with van der Waals surface area (Å²) in [6.45, 7) is 5.32. The first-order valence-electron chi connectivity index (χ1n) is 9.10. The van der Waals surface area contributed by atoms with Gasteiger partial charge >= 0.3 is 0 Å². The van der Waals surface area contributed by atoms with Gasteiger partial charge in [-0.25, -0.2) is 17.5 Å². The van der Waals surface area contributed by atoms with Crippen molar-refractivity contribution in [1.82, 2.24) is 14.9 Å². The number of benzene rings is 1. The fourth-order valence-corrected chi connectivity index (χ4v) is 4.70. The van der Waals surface area contributed by atoms with Gasteiger partial charge in [-0.2, -0.15) is 0 Å². The van der Waals surface area contributed by atoms with E-state index in [-0.39, 0.29) is 21.8 Å². The van der Waals surface area contributed by atoms with E-state index in [9.17, 15) is 17.6 Å². The van der Waals surface area contributed by atoms with E-state index in [4.69, 9.17) is 0 Å². The van der Waals surface area contributed by atoms with E-state index in [0.717, 1.165) is 44.8 Å². The Balaban J connectivity index is 1.71. The number of carbonyl (C=O) groups is 1. The van der Waals surface area contributed by atoms with E-state index in [1.807, 2.05) is 0 Å². The molecular weight excluding hydrogens is 357 g/mol. The Labute approximate surface area is 154 Å². The van der Waals surface area contributed by atoms with Gasteiger partial charge in [0.2, 0.25) is 10.0 Å². The Morgan fingerprint density at radius 2 is 1.92 bits per heavy atom. The van der Waals surface area contributed by atoms with Crippen LogP contribution in [0, 0.1) is 11.2 Å². The summed E-state index contributed by atoms with van der Waals surface area (Å²) in [5.41, 5.74) is -0.182. The average molecular weight is 383 g/mol. The summed E-state index contributed by atoms with van der Waals surface area (Å²) in [6, 6.07) is 3.52. The Bertz CT molecular complexity index is 770. The first kappa shape index (κ1) is 19.3. The summed E-state index contributed by atoms with van der Waals surface area (Å²) in [5.74, 6) is -1.17. The van der Waals surface area contributed by atoms with Crippen molar-refractivity contribution in [3.8, 4) is 0 Å². The SMILES string of the molecule is CC1(CNS(=O)(=O)c2ccc(C(=O)N3CCCC3)c(F)c2)CCNCC1. The van der Waals surface area contributed by atoms with Crippen LogP contribution < -0.4 is 10.0 Å². The van der Waals surface area contributed by atoms with Gasteiger partial charge in [0.15, 0.2) is 0 Å². The van der Waals surface area contributed by atoms with E-state index in [1.54, 1.807) is 4.90 Å². The molecular formula is C18H26FN3O3S. The Kier molecular flexibility index (Phi) is 5.64. The molecule has 0 saturated carbocycles. The van der Waals surface area contributed by atoms with Crippen molar-refractivity contribution in [3.63, 3.8) is 0 Å². The van der Waals surface area contributed by atoms with Crippen molar-refractivity contribution in [2.75, 3.05) is 32.7 Å². The Morgan fingerprint density at radius 1 is 1.27 bits per heavy atom. The largest absolute Gasteiger partial charge is 0.339 e. The maximum absolute atomic E-state index is 14.4. The highest BCUT2D eigenvalue weighted by atomic mass is 32.2. The number of hydrogen-bond donors (Lipinski definition) is 2. The van der Waals surface area contributed by atoms with Crippen molar-refractivity contribution < 1.29 is 17.6 Å². The molecule has 0 spiro atoms. The molecule has 6 nitrogen and oxygen atoms in total. The van der Waals surface area contributed by atoms with Crippen LogP contribution in [0.3, 0.4) is 0 Å². The van der Waals surface area contributed by atoms with E-state index in [2.05, 4.69) is 17.0 Å². The zero-order chi connectivity index (χ0) is 18.8. The van der Waals surface area contributed by atoms with E-state index in [1.165, 1.54) is 12.1 Å². The zero-order valence-electron chi connectivity index (χ0n) is 15.1. The number of nitrogens with one attached hydrogen (secondary N) is 2. The van der Waals surface area contributed by atoms with Gasteiger partial charge in [-0.15, -0.1) is 0 Å². The van der Waals surface area contributed by atoms with Crippen LogP contribution in [0.25, 0.3) is 0 Å². The number of nitrogens with zero attached hydrogens (tertiary/aromatic N) is 1. The second kappa shape index (κ2) is 7.62. The van der Waals surface area contributed by atoms with Gasteiger partial charge in [0, 0.05) is 19.6 Å². The Morgan fingerprint density at radius 3 is 2.54 bits per heavy atom. The summed E-state index contributed by atoms with van der Waals surface area (Å²) in [7, 11) is -3.82. The highest BCUT2D eigenvalue weighted by Gasteiger charge is 2.29. The van der Waals surface area contributed by atoms with Crippen LogP contribution in [0.1, 0.15) is 43.0 Å². The molecule has 1 aromatic rings. The smallest absolute Gasteiger partial charge is 0.256 e. The van der Waals surface area contributed by atoms with Crippen molar-refractivity contribution in [2.24, 2.45) is 5.41 Å². The van der Waals surface area contributed by atoms with E-state index >= 15 is 0 Å². The van der Waals surface area contributed by atoms with Gasteiger partial charge in [0.1, 0.15) is 5.82 Å². The lowest BCUT2D eigenvalue weighted by Crippen LogP contribution is -2.42. The number of hydrogen-bond acceptors (Lipinski definition) is 4. The number of likely N-dealkylation sites (tertiary alicyclic amines) is 1. The molecule has 0 bridgehead atoms. The number of rotatable bonds is 5. The lowest BCUT2D eigenvalue weighted by molar-refractivity contribution is 0.0788. The van der Waals surface area contributed by atoms with Gasteiger partial charge in [-0.3, -0.25) is 4.79 Å². The molecule has 3 rings (SSSR count). The molecule has 2 saturated heterocycles. The van der Waals surface area contributed by atoms with E-state index < -0.39 is 15.8 Å². The molecule has 26 heavy (non-hydrogen) atoms. The molecule has 2 N–H and O–H groups in total. The highest BCUT2D eigenvalue weighted by molar-refractivity contribution is 7.89. The molecule has 0 aromatic heterocycles. The van der Waals surface area contributed by atoms with Gasteiger partial charge < -0.3 is 10.2 Å². The van der Waals surface area contributed by atoms with Crippen LogP contribution in [0.5, 0.6) is 0 Å². The lowest BCUT2D eigenvalue weighted by Gasteiger charge is -2.34. The maximum atomic E-state index is 14.4. The quantitative estimate of drug-likeness (QED) is 0.812. The minimum atomic E-state index is -3.82. The van der Waals surface area contributed by atoms with E-state index in [0.29, 0.717) is 19.6 Å². The number of amides is 1. The average Bonchev–Trinajstić information content (AvgIpc) is 3.15. The third-order valence-electron chi connectivity index (χ3n) is 5.37. The van der Waals surface area contributed by atoms with Gasteiger partial charge in [-0.1, -0.05) is 6.92 Å². The highest BCUT2D eigenvalue weighted by Crippen LogP contribution is 2.27. The molecule has 2 aliphatic heterocycles. The third-order valence-corrected chi connectivity index (χ3v) is 6.77. The van der Waals surface area contributed by atoms with Crippen LogP contribution >= 0.6 is 0 Å². The zero-order valence-corrected chi connectivity index (χ0v) is 15.9. The standard InChI is InChI=1S/C18H26FN3O3S/c1-18(6-8-20-9-7-18)13-21-26(24,25)14-4-5-15(16(19)12-14)17(23)22-10-2-3-11-22/h4-5,12,20-21H,2-3,6-11,13H2,1H3. The predicted molar refractivity (Wildman–Crippen MR) is 96.9 cm³/mol. The van der Waals surface area contributed by atoms with Crippen LogP contribution in [-0.2, 0) is 10.0 Å². The summed E-state index contributed by atoms with van der Waals surface area (Å²) in [4.78, 5) is 13.8. The molecule has 2 heterocycles. The summed E-state index contributed by atoms with van der Waals surface area (Å²) >= 11 is 0. The number of carbonyl (C=O) groups excluding carboxylic acids is 1. The van der Waals surface area contributed by atoms with Gasteiger partial charge in [-0.05, 0) is 62.4 Å². The molecule has 0 radical (unpaired) electrons. The van der Waals surface area contributed by atoms with Gasteiger partial charge in [0.05, 0.1) is 10.5 Å². The molecule has 1 amide bonds. The number of halogens is 1. The second-order valence-corrected chi connectivity index (χ2v) is 9.29. The monoisotopic (exact) mass is 383 g/mol. The predicted octanol–water partition coefficient (Wildman–Crippen LogP) is 1.73. The molecule has 144 valence electrons. The summed E-state index contributed by atoms with van der Waals surface area (Å²) in [5, 5.41) is 3.25. The normalized spacial score (nSPS) is 20.3. The number of sulfonamides is 1. The van der Waals surface area contributed by atoms with Crippen molar-refractivity contribution in [2.45, 2.75) is 37.5 Å². The topological polar surface area (TPSA) is 78.5 Å². The number of piperidine rings is 1. The minimum Gasteiger partial charge on any atom is -0.339 e. The fraction of sp³-hybridized carbons (Fsp3) is 0.611. The minimum absolute atomic E-state index is 0.0730. The fourth-order valence-electron chi connectivity index (χ4n) is 3.49. The lowest BCUT2D eigenvalue weighted by atomic mass is 9.81. The van der Waals surface area contributed by atoms with Crippen LogP contribution in [0.2, 0.25) is 0 Å². The van der Waals surface area contributed by atoms with Crippen molar-refractivity contribution >= 4 is 15.9 Å². The molecule has 2 fully saturated rings. The second-order valence-electron chi connectivity index (χ2n) is 7.53. The molecule has 2 aliphatic rings. The van der Waals surface area contributed by atoms with Crippen molar-refractivity contribution in [1.29, 1.82) is 0 Å². The molecule has 8 heteroatoms. The molecule has 0 atom stereocenters. The first-order valence-corrected chi connectivity index (χ1v) is 10.6.